The van der Waals surface area contributed by atoms with Gasteiger partial charge in [0.1, 0.15) is 0 Å². The summed E-state index contributed by atoms with van der Waals surface area (Å²) in [5, 5.41) is 19.5. The molecular weight excluding hydrogens is 534 g/mol. The van der Waals surface area contributed by atoms with Crippen LogP contribution in [-0.4, -0.2) is 58.1 Å². The smallest absolute Gasteiger partial charge is 0.305 e. The third-order valence-electron chi connectivity index (χ3n) is 7.51. The van der Waals surface area contributed by atoms with Gasteiger partial charge in [0.25, 0.3) is 0 Å². The Balaban J connectivity index is 1.62. The first-order valence-corrected chi connectivity index (χ1v) is 12.3. The van der Waals surface area contributed by atoms with E-state index in [0.29, 0.717) is 11.1 Å². The number of aliphatic carboxylic acids is 1. The molecule has 4 atom stereocenters. The molecule has 0 saturated carbocycles. The molecule has 1 aromatic carbocycles. The van der Waals surface area contributed by atoms with Gasteiger partial charge < -0.3 is 14.9 Å². The molecule has 0 spiro atoms. The van der Waals surface area contributed by atoms with Gasteiger partial charge in [-0.25, -0.2) is 0 Å². The van der Waals surface area contributed by atoms with Crippen molar-refractivity contribution in [2.24, 2.45) is 17.8 Å². The van der Waals surface area contributed by atoms with Crippen molar-refractivity contribution in [2.45, 2.75) is 25.2 Å². The van der Waals surface area contributed by atoms with E-state index < -0.39 is 41.5 Å². The van der Waals surface area contributed by atoms with E-state index >= 15 is 0 Å². The Hall–Kier alpha value is -3.53. The molecule has 2 N–H and O–H groups in total. The fourth-order valence-electron chi connectivity index (χ4n) is 5.97. The highest BCUT2D eigenvalue weighted by Gasteiger charge is 2.56. The topological polar surface area (TPSA) is 138 Å². The van der Waals surface area contributed by atoms with Crippen molar-refractivity contribution < 1.29 is 38.9 Å². The summed E-state index contributed by atoms with van der Waals surface area (Å²) in [5.41, 5.74) is 1.88. The highest BCUT2D eigenvalue weighted by atomic mass is 79.9. The minimum absolute atomic E-state index is 0.111. The molecule has 5 rings (SSSR count). The molecule has 36 heavy (non-hydrogen) atoms. The number of carbonyl (C=O) groups excluding carboxylic acids is 4. The zero-order valence-electron chi connectivity index (χ0n) is 19.2. The largest absolute Gasteiger partial charge is 0.504 e. The molecule has 1 aromatic rings. The summed E-state index contributed by atoms with van der Waals surface area (Å²) >= 11 is 3.17. The van der Waals surface area contributed by atoms with Crippen LogP contribution in [0.15, 0.2) is 51.6 Å². The van der Waals surface area contributed by atoms with Gasteiger partial charge in [-0.1, -0.05) is 17.7 Å². The van der Waals surface area contributed by atoms with Crippen LogP contribution in [0.5, 0.6) is 11.5 Å². The highest BCUT2D eigenvalue weighted by Crippen LogP contribution is 2.55. The number of phenols is 1. The lowest BCUT2D eigenvalue weighted by Gasteiger charge is -2.42. The van der Waals surface area contributed by atoms with Crippen molar-refractivity contribution in [3.63, 3.8) is 0 Å². The highest BCUT2D eigenvalue weighted by molar-refractivity contribution is 9.12. The standard InChI is InChI=1S/C26H22BrNO8/c1-36-19-5-2-11(8-17(19)29)21-12-3-4-13-22(26(35)28(25(13)34)7-6-20(31)32)14(12)9-15-23(21)18(30)10-16(27)24(15)33/h2-3,5,8,10,13-14,21-22,29H,4,6-7,9H2,1H3,(H,31,32)/t13-,14+,21-,22-/m0/s1. The number of hydrogen-bond acceptors (Lipinski definition) is 7. The van der Waals surface area contributed by atoms with E-state index in [0.717, 1.165) is 10.5 Å². The minimum atomic E-state index is -1.11. The van der Waals surface area contributed by atoms with E-state index in [1.54, 1.807) is 12.1 Å². The van der Waals surface area contributed by atoms with Gasteiger partial charge in [-0.3, -0.25) is 28.9 Å². The number of fused-ring (bicyclic) bond motifs is 3. The summed E-state index contributed by atoms with van der Waals surface area (Å²) in [6, 6.07) is 4.75. The first kappa shape index (κ1) is 24.2. The number of benzene rings is 1. The van der Waals surface area contributed by atoms with E-state index in [9.17, 15) is 29.1 Å². The summed E-state index contributed by atoms with van der Waals surface area (Å²) < 4.78 is 5.27. The lowest BCUT2D eigenvalue weighted by molar-refractivity contribution is -0.142. The SMILES string of the molecule is COc1ccc([C@H]2C3=CC[C@@H]4C(=O)N(CCC(=O)O)C(=O)[C@@H]4[C@@H]3CC3=C2C(=O)C=C(Br)C3=O)cc1O. The quantitative estimate of drug-likeness (QED) is 0.321. The zero-order valence-corrected chi connectivity index (χ0v) is 20.8. The second-order valence-electron chi connectivity index (χ2n) is 9.30. The van der Waals surface area contributed by atoms with E-state index in [1.807, 2.05) is 6.08 Å². The Morgan fingerprint density at radius 3 is 2.58 bits per heavy atom. The number of rotatable bonds is 5. The second-order valence-corrected chi connectivity index (χ2v) is 10.2. The summed E-state index contributed by atoms with van der Waals surface area (Å²) in [7, 11) is 1.42. The third-order valence-corrected chi connectivity index (χ3v) is 8.10. The van der Waals surface area contributed by atoms with Crippen LogP contribution in [0.3, 0.4) is 0 Å². The van der Waals surface area contributed by atoms with Crippen molar-refractivity contribution in [1.29, 1.82) is 0 Å². The van der Waals surface area contributed by atoms with E-state index in [2.05, 4.69) is 15.9 Å². The van der Waals surface area contributed by atoms with Gasteiger partial charge in [0, 0.05) is 29.7 Å². The Kier molecular flexibility index (Phi) is 5.94. The molecular formula is C26H22BrNO8. The molecule has 1 aliphatic heterocycles. The number of likely N-dealkylation sites (tertiary alicyclic amines) is 1. The average Bonchev–Trinajstić information content (AvgIpc) is 3.09. The van der Waals surface area contributed by atoms with Crippen LogP contribution < -0.4 is 4.74 Å². The molecule has 1 saturated heterocycles. The number of imide groups is 1. The number of ketones is 2. The Bertz CT molecular complexity index is 1340. The number of amides is 2. The minimum Gasteiger partial charge on any atom is -0.504 e. The van der Waals surface area contributed by atoms with Gasteiger partial charge in [0.15, 0.2) is 23.1 Å². The maximum absolute atomic E-state index is 13.4. The van der Waals surface area contributed by atoms with Crippen LogP contribution in [0, 0.1) is 17.8 Å². The van der Waals surface area contributed by atoms with E-state index in [1.165, 1.54) is 19.3 Å². The Morgan fingerprint density at radius 2 is 1.92 bits per heavy atom. The first-order valence-electron chi connectivity index (χ1n) is 11.5. The number of carboxylic acids is 1. The molecule has 1 fully saturated rings. The van der Waals surface area contributed by atoms with Crippen LogP contribution in [0.25, 0.3) is 0 Å². The van der Waals surface area contributed by atoms with Crippen LogP contribution in [0.2, 0.25) is 0 Å². The molecule has 2 amide bonds. The number of carbonyl (C=O) groups is 5. The first-order chi connectivity index (χ1) is 17.1. The van der Waals surface area contributed by atoms with E-state index in [-0.39, 0.29) is 58.9 Å². The molecule has 9 nitrogen and oxygen atoms in total. The third kappa shape index (κ3) is 3.62. The average molecular weight is 556 g/mol. The van der Waals surface area contributed by atoms with Crippen molar-refractivity contribution in [2.75, 3.05) is 13.7 Å². The fourth-order valence-corrected chi connectivity index (χ4v) is 6.41. The molecule has 4 aliphatic rings. The van der Waals surface area contributed by atoms with Crippen LogP contribution in [0.4, 0.5) is 0 Å². The van der Waals surface area contributed by atoms with Crippen LogP contribution in [-0.2, 0) is 24.0 Å². The monoisotopic (exact) mass is 555 g/mol. The number of nitrogens with zero attached hydrogens (tertiary/aromatic N) is 1. The number of carboxylic acid groups (broad SMARTS) is 1. The second kappa shape index (κ2) is 8.85. The molecule has 0 bridgehead atoms. The Labute approximate surface area is 214 Å². The van der Waals surface area contributed by atoms with Crippen molar-refractivity contribution >= 4 is 45.3 Å². The van der Waals surface area contributed by atoms with Gasteiger partial charge in [0.05, 0.1) is 29.8 Å². The number of ether oxygens (including phenoxy) is 1. The van der Waals surface area contributed by atoms with Gasteiger partial charge in [-0.15, -0.1) is 0 Å². The number of hydrogen-bond donors (Lipinski definition) is 2. The predicted molar refractivity (Wildman–Crippen MR) is 128 cm³/mol. The normalized spacial score (nSPS) is 27.3. The van der Waals surface area contributed by atoms with Gasteiger partial charge in [-0.05, 0) is 52.4 Å². The fraction of sp³-hybridized carbons (Fsp3) is 0.346. The summed E-state index contributed by atoms with van der Waals surface area (Å²) in [6.45, 7) is -0.211. The number of aromatic hydroxyl groups is 1. The van der Waals surface area contributed by atoms with Crippen molar-refractivity contribution in [3.05, 3.63) is 57.1 Å². The maximum atomic E-state index is 13.4. The number of phenolic OH excluding ortho intramolecular Hbond substituents is 1. The summed E-state index contributed by atoms with van der Waals surface area (Å²) in [6.07, 6.45) is 3.12. The van der Waals surface area contributed by atoms with Gasteiger partial charge >= 0.3 is 5.97 Å². The zero-order chi connectivity index (χ0) is 25.9. The summed E-state index contributed by atoms with van der Waals surface area (Å²) in [4.78, 5) is 64.9. The molecule has 10 heteroatoms. The van der Waals surface area contributed by atoms with Crippen LogP contribution in [0.1, 0.15) is 30.7 Å². The molecule has 0 radical (unpaired) electrons. The number of halogens is 1. The molecule has 186 valence electrons. The lowest BCUT2D eigenvalue weighted by atomic mass is 9.59. The maximum Gasteiger partial charge on any atom is 0.305 e. The molecule has 0 unspecified atom stereocenters. The molecule has 3 aliphatic carbocycles. The molecule has 0 aromatic heterocycles. The predicted octanol–water partition coefficient (Wildman–Crippen LogP) is 2.64. The molecule has 1 heterocycles. The van der Waals surface area contributed by atoms with Crippen molar-refractivity contribution in [1.82, 2.24) is 4.90 Å². The van der Waals surface area contributed by atoms with Crippen molar-refractivity contribution in [3.8, 4) is 11.5 Å². The van der Waals surface area contributed by atoms with Crippen LogP contribution >= 0.6 is 15.9 Å². The summed E-state index contributed by atoms with van der Waals surface area (Å²) in [5.74, 6) is -5.19. The number of methoxy groups -OCH3 is 1. The number of allylic oxidation sites excluding steroid dienone is 6. The van der Waals surface area contributed by atoms with E-state index in [4.69, 9.17) is 9.84 Å². The lowest BCUT2D eigenvalue weighted by Crippen LogP contribution is -2.39. The Morgan fingerprint density at radius 1 is 1.17 bits per heavy atom. The van der Waals surface area contributed by atoms with Gasteiger partial charge in [-0.2, -0.15) is 0 Å². The van der Waals surface area contributed by atoms with Gasteiger partial charge in [0.2, 0.25) is 11.8 Å². The number of Topliss-reactive ketones (excluding diaryl/α,β-unsaturated/α-hetero) is 1.